The van der Waals surface area contributed by atoms with Gasteiger partial charge < -0.3 is 10.3 Å². The molecule has 0 saturated carbocycles. The van der Waals surface area contributed by atoms with Crippen molar-refractivity contribution in [1.82, 2.24) is 4.57 Å². The van der Waals surface area contributed by atoms with Crippen LogP contribution in [-0.4, -0.2) is 16.8 Å². The first kappa shape index (κ1) is 14.9. The van der Waals surface area contributed by atoms with Gasteiger partial charge >= 0.3 is 6.18 Å². The summed E-state index contributed by atoms with van der Waals surface area (Å²) in [6, 6.07) is 7.81. The van der Waals surface area contributed by atoms with Gasteiger partial charge in [-0.2, -0.15) is 13.2 Å². The van der Waals surface area contributed by atoms with Crippen molar-refractivity contribution >= 4 is 10.9 Å². The van der Waals surface area contributed by atoms with Crippen LogP contribution in [0.25, 0.3) is 10.9 Å². The number of aryl methyl sites for hydroxylation is 1. The number of halogens is 3. The van der Waals surface area contributed by atoms with Gasteiger partial charge in [0.1, 0.15) is 0 Å². The average Bonchev–Trinajstić information content (AvgIpc) is 2.77. The van der Waals surface area contributed by atoms with E-state index in [1.54, 1.807) is 10.8 Å². The van der Waals surface area contributed by atoms with Crippen molar-refractivity contribution in [3.05, 3.63) is 36.0 Å². The highest BCUT2D eigenvalue weighted by molar-refractivity contribution is 5.80. The first-order chi connectivity index (χ1) is 9.39. The molecular formula is C15H19F3N2. The first-order valence-electron chi connectivity index (χ1n) is 6.79. The maximum Gasteiger partial charge on any atom is 0.390 e. The van der Waals surface area contributed by atoms with Gasteiger partial charge in [0.05, 0.1) is 6.42 Å². The minimum Gasteiger partial charge on any atom is -0.347 e. The van der Waals surface area contributed by atoms with E-state index in [0.29, 0.717) is 0 Å². The highest BCUT2D eigenvalue weighted by Crippen LogP contribution is 2.23. The van der Waals surface area contributed by atoms with Crippen molar-refractivity contribution < 1.29 is 13.2 Å². The van der Waals surface area contributed by atoms with Gasteiger partial charge in [-0.05, 0) is 42.0 Å². The summed E-state index contributed by atoms with van der Waals surface area (Å²) in [6.07, 6.45) is -1.52. The van der Waals surface area contributed by atoms with Crippen molar-refractivity contribution in [2.45, 2.75) is 44.9 Å². The van der Waals surface area contributed by atoms with E-state index in [1.165, 1.54) is 0 Å². The Balaban J connectivity index is 2.16. The molecule has 1 atom stereocenters. The van der Waals surface area contributed by atoms with E-state index in [-0.39, 0.29) is 12.6 Å². The summed E-state index contributed by atoms with van der Waals surface area (Å²) < 4.78 is 38.4. The van der Waals surface area contributed by atoms with Crippen molar-refractivity contribution in [2.75, 3.05) is 0 Å². The van der Waals surface area contributed by atoms with Crippen molar-refractivity contribution in [3.8, 4) is 0 Å². The van der Waals surface area contributed by atoms with Crippen LogP contribution in [0.1, 0.15) is 25.3 Å². The van der Waals surface area contributed by atoms with Crippen LogP contribution in [0.3, 0.4) is 0 Å². The fourth-order valence-electron chi connectivity index (χ4n) is 2.27. The molecule has 0 fully saturated rings. The highest BCUT2D eigenvalue weighted by atomic mass is 19.4. The van der Waals surface area contributed by atoms with E-state index in [9.17, 15) is 13.2 Å². The van der Waals surface area contributed by atoms with Crippen LogP contribution >= 0.6 is 0 Å². The van der Waals surface area contributed by atoms with E-state index in [2.05, 4.69) is 0 Å². The van der Waals surface area contributed by atoms with Crippen LogP contribution in [0.15, 0.2) is 30.5 Å². The summed E-state index contributed by atoms with van der Waals surface area (Å²) >= 11 is 0. The smallest absolute Gasteiger partial charge is 0.347 e. The summed E-state index contributed by atoms with van der Waals surface area (Å²) in [6.45, 7) is 2.00. The number of fused-ring (bicyclic) bond motifs is 1. The molecule has 0 amide bonds. The zero-order chi connectivity index (χ0) is 14.8. The molecule has 2 aromatic rings. The fourth-order valence-corrected chi connectivity index (χ4v) is 2.27. The number of benzene rings is 1. The number of alkyl halides is 3. The predicted molar refractivity (Wildman–Crippen MR) is 74.6 cm³/mol. The Labute approximate surface area is 116 Å². The summed E-state index contributed by atoms with van der Waals surface area (Å²) in [5.74, 6) is 0. The predicted octanol–water partition coefficient (Wildman–Crippen LogP) is 3.87. The van der Waals surface area contributed by atoms with Crippen molar-refractivity contribution in [1.29, 1.82) is 0 Å². The van der Waals surface area contributed by atoms with Crippen molar-refractivity contribution in [3.63, 3.8) is 0 Å². The molecule has 2 rings (SSSR count). The van der Waals surface area contributed by atoms with Gasteiger partial charge in [-0.3, -0.25) is 0 Å². The highest BCUT2D eigenvalue weighted by Gasteiger charge is 2.26. The molecule has 0 aliphatic heterocycles. The van der Waals surface area contributed by atoms with E-state index in [0.717, 1.165) is 29.3 Å². The van der Waals surface area contributed by atoms with Crippen molar-refractivity contribution in [2.24, 2.45) is 5.73 Å². The molecular weight excluding hydrogens is 265 g/mol. The molecule has 110 valence electrons. The van der Waals surface area contributed by atoms with Gasteiger partial charge in [-0.1, -0.05) is 13.0 Å². The SMILES string of the molecule is CCC(N)Cc1ccc2c(ccn2CCC(F)(F)F)c1. The lowest BCUT2D eigenvalue weighted by atomic mass is 10.0. The van der Waals surface area contributed by atoms with E-state index in [1.807, 2.05) is 31.2 Å². The number of rotatable bonds is 5. The van der Waals surface area contributed by atoms with Gasteiger partial charge in [0, 0.05) is 24.3 Å². The third-order valence-electron chi connectivity index (χ3n) is 3.49. The fraction of sp³-hybridized carbons (Fsp3) is 0.467. The summed E-state index contributed by atoms with van der Waals surface area (Å²) in [4.78, 5) is 0. The second-order valence-corrected chi connectivity index (χ2v) is 5.14. The van der Waals surface area contributed by atoms with Crippen LogP contribution in [-0.2, 0) is 13.0 Å². The number of aromatic nitrogens is 1. The minimum absolute atomic E-state index is 0.0409. The molecule has 1 unspecified atom stereocenters. The maximum atomic E-state index is 12.3. The third-order valence-corrected chi connectivity index (χ3v) is 3.49. The van der Waals surface area contributed by atoms with E-state index < -0.39 is 12.6 Å². The van der Waals surface area contributed by atoms with Gasteiger partial charge in [0.15, 0.2) is 0 Å². The van der Waals surface area contributed by atoms with Crippen LogP contribution in [0.2, 0.25) is 0 Å². The zero-order valence-corrected chi connectivity index (χ0v) is 11.5. The molecule has 0 bridgehead atoms. The van der Waals surface area contributed by atoms with Crippen LogP contribution in [0.5, 0.6) is 0 Å². The molecule has 1 heterocycles. The monoisotopic (exact) mass is 284 g/mol. The second-order valence-electron chi connectivity index (χ2n) is 5.14. The zero-order valence-electron chi connectivity index (χ0n) is 11.5. The standard InChI is InChI=1S/C15H19F3N2/c1-2-13(19)10-11-3-4-14-12(9-11)5-7-20(14)8-6-15(16,17)18/h3-5,7,9,13H,2,6,8,10,19H2,1H3. The Kier molecular flexibility index (Phi) is 4.38. The molecule has 2 nitrogen and oxygen atoms in total. The second kappa shape index (κ2) is 5.87. The Hall–Kier alpha value is -1.49. The molecule has 0 aliphatic carbocycles. The van der Waals surface area contributed by atoms with Gasteiger partial charge in [0.25, 0.3) is 0 Å². The van der Waals surface area contributed by atoms with E-state index >= 15 is 0 Å². The Morgan fingerprint density at radius 1 is 1.25 bits per heavy atom. The number of hydrogen-bond acceptors (Lipinski definition) is 1. The molecule has 0 saturated heterocycles. The molecule has 1 aromatic heterocycles. The van der Waals surface area contributed by atoms with E-state index in [4.69, 9.17) is 5.73 Å². The lowest BCUT2D eigenvalue weighted by Crippen LogP contribution is -2.21. The number of nitrogens with zero attached hydrogens (tertiary/aromatic N) is 1. The largest absolute Gasteiger partial charge is 0.390 e. The molecule has 0 radical (unpaired) electrons. The lowest BCUT2D eigenvalue weighted by molar-refractivity contribution is -0.136. The number of hydrogen-bond donors (Lipinski definition) is 1. The van der Waals surface area contributed by atoms with Gasteiger partial charge in [-0.15, -0.1) is 0 Å². The van der Waals surface area contributed by atoms with Gasteiger partial charge in [-0.25, -0.2) is 0 Å². The summed E-state index contributed by atoms with van der Waals surface area (Å²) in [5, 5.41) is 0.966. The number of nitrogens with two attached hydrogens (primary N) is 1. The third kappa shape index (κ3) is 3.76. The Morgan fingerprint density at radius 2 is 2.00 bits per heavy atom. The van der Waals surface area contributed by atoms with Crippen LogP contribution in [0.4, 0.5) is 13.2 Å². The molecule has 0 aliphatic rings. The maximum absolute atomic E-state index is 12.3. The normalized spacial score (nSPS) is 13.8. The summed E-state index contributed by atoms with van der Waals surface area (Å²) in [7, 11) is 0. The minimum atomic E-state index is -4.12. The topological polar surface area (TPSA) is 30.9 Å². The molecule has 1 aromatic carbocycles. The van der Waals surface area contributed by atoms with Crippen LogP contribution < -0.4 is 5.73 Å². The lowest BCUT2D eigenvalue weighted by Gasteiger charge is -2.10. The quantitative estimate of drug-likeness (QED) is 0.887. The first-order valence-corrected chi connectivity index (χ1v) is 6.79. The Bertz CT molecular complexity index is 572. The molecule has 5 heteroatoms. The Morgan fingerprint density at radius 3 is 2.65 bits per heavy atom. The van der Waals surface area contributed by atoms with Gasteiger partial charge in [0.2, 0.25) is 0 Å². The molecule has 0 spiro atoms. The van der Waals surface area contributed by atoms with Crippen LogP contribution in [0, 0.1) is 0 Å². The molecule has 20 heavy (non-hydrogen) atoms. The summed E-state index contributed by atoms with van der Waals surface area (Å²) in [5.41, 5.74) is 7.88. The molecule has 2 N–H and O–H groups in total. The average molecular weight is 284 g/mol.